The van der Waals surface area contributed by atoms with Crippen molar-refractivity contribution in [2.45, 2.75) is 65.8 Å². The number of nitrogen functional groups attached to an aromatic ring is 1. The Bertz CT molecular complexity index is 1990. The fraction of sp³-hybridized carbons (Fsp3) is 0.375. The maximum absolute atomic E-state index is 13.5. The highest BCUT2D eigenvalue weighted by atomic mass is 32.1. The number of ether oxygens (including phenoxy) is 1. The fourth-order valence-corrected chi connectivity index (χ4v) is 7.51. The second-order valence-electron chi connectivity index (χ2n) is 13.6. The molecule has 3 N–H and O–H groups in total. The van der Waals surface area contributed by atoms with Crippen LogP contribution in [0.25, 0.3) is 16.0 Å². The average Bonchev–Trinajstić information content (AvgIpc) is 3.74. The summed E-state index contributed by atoms with van der Waals surface area (Å²) < 4.78 is 7.51. The van der Waals surface area contributed by atoms with Gasteiger partial charge in [-0.2, -0.15) is 0 Å². The number of fused-ring (bicyclic) bond motifs is 2. The molecule has 0 unspecified atom stereocenters. The van der Waals surface area contributed by atoms with E-state index in [4.69, 9.17) is 10.5 Å². The molecule has 2 aromatic heterocycles. The van der Waals surface area contributed by atoms with Crippen LogP contribution in [-0.2, 0) is 0 Å². The topological polar surface area (TPSA) is 106 Å². The molecule has 0 spiro atoms. The van der Waals surface area contributed by atoms with E-state index in [1.807, 2.05) is 36.4 Å². The quantitative estimate of drug-likeness (QED) is 0.146. The second-order valence-corrected chi connectivity index (χ2v) is 14.6. The van der Waals surface area contributed by atoms with Crippen molar-refractivity contribution < 1.29 is 9.53 Å². The first kappa shape index (κ1) is 35.2. The minimum absolute atomic E-state index is 0.0534. The SMILES string of the molecule is CC(C)=CCC/C(C)=C/CC/C(C)=C/CN1CC[C@@H](NC(=O)c2cc3c(nc(N)c(=O)n3-c3ccc4c(c3)N(c3ccccc3)CCO4)s2)C1. The van der Waals surface area contributed by atoms with Crippen LogP contribution in [0.5, 0.6) is 5.75 Å². The molecule has 1 atom stereocenters. The molecule has 50 heavy (non-hydrogen) atoms. The van der Waals surface area contributed by atoms with Gasteiger partial charge in [0, 0.05) is 31.4 Å². The molecule has 0 bridgehead atoms. The summed E-state index contributed by atoms with van der Waals surface area (Å²) in [6.07, 6.45) is 12.3. The molecule has 4 heterocycles. The van der Waals surface area contributed by atoms with E-state index in [0.29, 0.717) is 34.1 Å². The van der Waals surface area contributed by atoms with Gasteiger partial charge in [-0.05, 0) is 96.2 Å². The number of nitrogens with one attached hydrogen (secondary N) is 1. The standard InChI is InChI=1S/C40H48N6O3S/c1-27(2)10-8-11-28(3)12-9-13-29(4)18-20-44-21-19-30(26-44)42-38(47)36-25-34-39(50-36)43-37(41)40(48)46(34)32-16-17-35-33(24-32)45(22-23-49-35)31-14-6-5-7-15-31/h5-7,10,12,14-18,24-25,30H,8-9,11,13,19-23,26H2,1-4H3,(H2,41,43)(H,42,47)/b28-12+,29-18+/t30-/m1/s1. The van der Waals surface area contributed by atoms with Gasteiger partial charge in [0.15, 0.2) is 5.82 Å². The van der Waals surface area contributed by atoms with Gasteiger partial charge in [0.1, 0.15) is 17.2 Å². The zero-order valence-corrected chi connectivity index (χ0v) is 30.4. The Labute approximate surface area is 298 Å². The molecule has 0 saturated carbocycles. The number of aromatic nitrogens is 2. The summed E-state index contributed by atoms with van der Waals surface area (Å²) in [6.45, 7) is 12.6. The van der Waals surface area contributed by atoms with Crippen molar-refractivity contribution in [1.29, 1.82) is 0 Å². The van der Waals surface area contributed by atoms with Crippen LogP contribution in [0.3, 0.4) is 0 Å². The highest BCUT2D eigenvalue weighted by Crippen LogP contribution is 2.38. The van der Waals surface area contributed by atoms with Gasteiger partial charge in [0.25, 0.3) is 11.5 Å². The number of nitrogens with zero attached hydrogens (tertiary/aromatic N) is 4. The first-order chi connectivity index (χ1) is 24.2. The van der Waals surface area contributed by atoms with Crippen LogP contribution in [0.15, 0.2) is 94.3 Å². The Kier molecular flexibility index (Phi) is 11.2. The van der Waals surface area contributed by atoms with Crippen molar-refractivity contribution in [3.8, 4) is 11.4 Å². The lowest BCUT2D eigenvalue weighted by atomic mass is 10.1. The zero-order valence-electron chi connectivity index (χ0n) is 29.6. The number of rotatable bonds is 12. The minimum atomic E-state index is -0.425. The Morgan fingerprint density at radius 1 is 0.980 bits per heavy atom. The molecule has 10 heteroatoms. The van der Waals surface area contributed by atoms with Gasteiger partial charge < -0.3 is 20.7 Å². The van der Waals surface area contributed by atoms with Gasteiger partial charge in [-0.15, -0.1) is 11.3 Å². The molecule has 6 rings (SSSR count). The van der Waals surface area contributed by atoms with Gasteiger partial charge in [-0.3, -0.25) is 19.1 Å². The molecule has 9 nitrogen and oxygen atoms in total. The summed E-state index contributed by atoms with van der Waals surface area (Å²) in [5.41, 5.74) is 13.0. The van der Waals surface area contributed by atoms with Crippen LogP contribution in [-0.4, -0.2) is 59.2 Å². The van der Waals surface area contributed by atoms with Gasteiger partial charge in [-0.25, -0.2) is 4.98 Å². The van der Waals surface area contributed by atoms with Crippen LogP contribution < -0.4 is 26.2 Å². The number of likely N-dealkylation sites (tertiary alicyclic amines) is 1. The molecule has 4 aromatic rings. The van der Waals surface area contributed by atoms with Crippen molar-refractivity contribution in [2.24, 2.45) is 0 Å². The molecule has 2 aromatic carbocycles. The van der Waals surface area contributed by atoms with Crippen molar-refractivity contribution in [2.75, 3.05) is 43.4 Å². The summed E-state index contributed by atoms with van der Waals surface area (Å²) in [7, 11) is 0. The van der Waals surface area contributed by atoms with Crippen molar-refractivity contribution >= 4 is 44.8 Å². The number of hydrogen-bond acceptors (Lipinski definition) is 8. The highest BCUT2D eigenvalue weighted by Gasteiger charge is 2.26. The molecule has 1 amide bonds. The van der Waals surface area contributed by atoms with E-state index in [2.05, 4.69) is 78.2 Å². The number of amides is 1. The summed E-state index contributed by atoms with van der Waals surface area (Å²) >= 11 is 1.25. The number of benzene rings is 2. The molecule has 0 aliphatic carbocycles. The molecule has 262 valence electrons. The van der Waals surface area contributed by atoms with Crippen molar-refractivity contribution in [1.82, 2.24) is 19.8 Å². The molecular weight excluding hydrogens is 645 g/mol. The molecule has 1 saturated heterocycles. The summed E-state index contributed by atoms with van der Waals surface area (Å²) in [5, 5.41) is 3.23. The predicted octanol–water partition coefficient (Wildman–Crippen LogP) is 7.78. The van der Waals surface area contributed by atoms with E-state index in [9.17, 15) is 9.59 Å². The molecule has 0 radical (unpaired) electrons. The van der Waals surface area contributed by atoms with E-state index in [0.717, 1.165) is 68.9 Å². The zero-order chi connectivity index (χ0) is 35.2. The van der Waals surface area contributed by atoms with Gasteiger partial charge in [0.05, 0.1) is 28.3 Å². The first-order valence-electron chi connectivity index (χ1n) is 17.6. The maximum Gasteiger partial charge on any atom is 0.298 e. The summed E-state index contributed by atoms with van der Waals surface area (Å²) in [4.78, 5) is 37.0. The second kappa shape index (κ2) is 15.9. The van der Waals surface area contributed by atoms with Crippen LogP contribution in [0.4, 0.5) is 17.2 Å². The maximum atomic E-state index is 13.5. The third kappa shape index (κ3) is 8.37. The number of allylic oxidation sites excluding steroid dienone is 5. The van der Waals surface area contributed by atoms with Crippen LogP contribution >= 0.6 is 11.3 Å². The van der Waals surface area contributed by atoms with Gasteiger partial charge in [-0.1, -0.05) is 53.1 Å². The predicted molar refractivity (Wildman–Crippen MR) is 206 cm³/mol. The van der Waals surface area contributed by atoms with E-state index >= 15 is 0 Å². The van der Waals surface area contributed by atoms with Crippen molar-refractivity contribution in [3.05, 3.63) is 105 Å². The van der Waals surface area contributed by atoms with Crippen LogP contribution in [0.2, 0.25) is 0 Å². The highest BCUT2D eigenvalue weighted by molar-refractivity contribution is 7.20. The molecule has 2 aliphatic rings. The third-order valence-electron chi connectivity index (χ3n) is 9.36. The Balaban J connectivity index is 1.11. The fourth-order valence-electron chi connectivity index (χ4n) is 6.58. The number of anilines is 3. The first-order valence-corrected chi connectivity index (χ1v) is 18.4. The van der Waals surface area contributed by atoms with E-state index in [1.165, 1.54) is 28.1 Å². The van der Waals surface area contributed by atoms with E-state index in [1.54, 1.807) is 10.6 Å². The third-order valence-corrected chi connectivity index (χ3v) is 10.4. The lowest BCUT2D eigenvalue weighted by Crippen LogP contribution is -2.36. The summed E-state index contributed by atoms with van der Waals surface area (Å²) in [5.74, 6) is 0.468. The summed E-state index contributed by atoms with van der Waals surface area (Å²) in [6, 6.07) is 17.6. The van der Waals surface area contributed by atoms with Gasteiger partial charge in [0.2, 0.25) is 0 Å². The Hall–Kier alpha value is -4.67. The van der Waals surface area contributed by atoms with Gasteiger partial charge >= 0.3 is 0 Å². The largest absolute Gasteiger partial charge is 0.490 e. The number of carbonyl (C=O) groups is 1. The molecule has 2 aliphatic heterocycles. The minimum Gasteiger partial charge on any atom is -0.490 e. The van der Waals surface area contributed by atoms with Crippen LogP contribution in [0, 0.1) is 0 Å². The van der Waals surface area contributed by atoms with Crippen molar-refractivity contribution in [3.63, 3.8) is 0 Å². The normalized spacial score (nSPS) is 16.7. The van der Waals surface area contributed by atoms with E-state index < -0.39 is 5.56 Å². The lowest BCUT2D eigenvalue weighted by Gasteiger charge is -2.31. The Morgan fingerprint density at radius 3 is 2.52 bits per heavy atom. The monoisotopic (exact) mass is 692 g/mol. The average molecular weight is 693 g/mol. The smallest absolute Gasteiger partial charge is 0.298 e. The molecule has 1 fully saturated rings. The van der Waals surface area contributed by atoms with Crippen LogP contribution in [0.1, 0.15) is 69.5 Å². The Morgan fingerprint density at radius 2 is 1.74 bits per heavy atom. The number of carbonyl (C=O) groups excluding carboxylic acids is 1. The molecular formula is C40H48N6O3S. The van der Waals surface area contributed by atoms with E-state index in [-0.39, 0.29) is 17.8 Å². The number of hydrogen-bond donors (Lipinski definition) is 2. The number of nitrogens with two attached hydrogens (primary N) is 1. The lowest BCUT2D eigenvalue weighted by molar-refractivity contribution is 0.0942. The number of para-hydroxylation sites is 1. The number of thiophene rings is 1.